The molecule has 0 aromatic heterocycles. The molecule has 5 nitrogen and oxygen atoms in total. The highest BCUT2D eigenvalue weighted by atomic mass is 19.1. The number of hydrogen-bond acceptors (Lipinski definition) is 3. The van der Waals surface area contributed by atoms with Crippen LogP contribution in [0.25, 0.3) is 0 Å². The van der Waals surface area contributed by atoms with Crippen molar-refractivity contribution in [2.75, 3.05) is 39.3 Å². The molecule has 2 aliphatic heterocycles. The van der Waals surface area contributed by atoms with Gasteiger partial charge in [-0.15, -0.1) is 0 Å². The zero-order chi connectivity index (χ0) is 19.1. The summed E-state index contributed by atoms with van der Waals surface area (Å²) >= 11 is 0. The molecule has 6 heteroatoms. The van der Waals surface area contributed by atoms with E-state index >= 15 is 0 Å². The maximum atomic E-state index is 13.3. The molecule has 1 aromatic carbocycles. The molecule has 2 aliphatic rings. The van der Waals surface area contributed by atoms with Crippen molar-refractivity contribution < 1.29 is 14.0 Å². The molecule has 1 aromatic rings. The third-order valence-corrected chi connectivity index (χ3v) is 5.61. The molecule has 0 bridgehead atoms. The lowest BCUT2D eigenvalue weighted by molar-refractivity contribution is -0.138. The number of carbonyl (C=O) groups excluding carboxylic acids is 2. The highest BCUT2D eigenvalue weighted by molar-refractivity contribution is 5.83. The van der Waals surface area contributed by atoms with Gasteiger partial charge in [0.15, 0.2) is 0 Å². The van der Waals surface area contributed by atoms with E-state index in [1.807, 2.05) is 6.07 Å². The fraction of sp³-hybridized carbons (Fsp3) is 0.619. The van der Waals surface area contributed by atoms with Crippen LogP contribution in [0.1, 0.15) is 37.7 Å². The molecule has 148 valence electrons. The van der Waals surface area contributed by atoms with Gasteiger partial charge in [-0.05, 0) is 56.5 Å². The monoisotopic (exact) mass is 375 g/mol. The third-order valence-electron chi connectivity index (χ3n) is 5.61. The average molecular weight is 375 g/mol. The summed E-state index contributed by atoms with van der Waals surface area (Å²) in [6, 6.07) is 6.46. The molecule has 3 rings (SSSR count). The van der Waals surface area contributed by atoms with Crippen LogP contribution >= 0.6 is 0 Å². The molecule has 27 heavy (non-hydrogen) atoms. The summed E-state index contributed by atoms with van der Waals surface area (Å²) in [5.74, 6) is -0.265. The third kappa shape index (κ3) is 6.03. The quantitative estimate of drug-likeness (QED) is 0.795. The molecular weight excluding hydrogens is 345 g/mol. The Bertz CT molecular complexity index is 646. The lowest BCUT2D eigenvalue weighted by Gasteiger charge is -2.32. The molecule has 0 unspecified atom stereocenters. The van der Waals surface area contributed by atoms with E-state index in [0.29, 0.717) is 38.9 Å². The normalized spacial score (nSPS) is 21.3. The molecular formula is C21H30FN3O2. The Kier molecular flexibility index (Phi) is 7.21. The number of hydrogen-bond donors (Lipinski definition) is 1. The van der Waals surface area contributed by atoms with Gasteiger partial charge in [-0.1, -0.05) is 18.6 Å². The van der Waals surface area contributed by atoms with Crippen LogP contribution in [0, 0.1) is 11.7 Å². The lowest BCUT2D eigenvalue weighted by atomic mass is 9.96. The molecule has 1 N–H and O–H groups in total. The molecule has 0 aliphatic carbocycles. The van der Waals surface area contributed by atoms with Crippen LogP contribution in [-0.2, 0) is 16.0 Å². The van der Waals surface area contributed by atoms with Gasteiger partial charge in [0.2, 0.25) is 11.8 Å². The van der Waals surface area contributed by atoms with Crippen molar-refractivity contribution >= 4 is 11.8 Å². The standard InChI is InChI=1S/C21H30FN3O2/c22-19-6-4-5-17(15-19)9-13-25-16-18(7-8-20(25)26)21(27)23-10-14-24-11-2-1-3-12-24/h4-6,15,18H,1-3,7-14,16H2,(H,23,27)/t18-/m0/s1. The fourth-order valence-electron chi connectivity index (χ4n) is 3.97. The largest absolute Gasteiger partial charge is 0.355 e. The Morgan fingerprint density at radius 1 is 1.19 bits per heavy atom. The summed E-state index contributed by atoms with van der Waals surface area (Å²) in [5.41, 5.74) is 0.871. The molecule has 2 amide bonds. The number of nitrogens with one attached hydrogen (secondary N) is 1. The molecule has 0 saturated carbocycles. The van der Waals surface area contributed by atoms with E-state index < -0.39 is 0 Å². The predicted octanol–water partition coefficient (Wildman–Crippen LogP) is 2.21. The number of piperidine rings is 2. The number of likely N-dealkylation sites (tertiary alicyclic amines) is 2. The Morgan fingerprint density at radius 3 is 2.78 bits per heavy atom. The van der Waals surface area contributed by atoms with E-state index in [4.69, 9.17) is 0 Å². The Labute approximate surface area is 160 Å². The number of carbonyl (C=O) groups is 2. The molecule has 2 fully saturated rings. The van der Waals surface area contributed by atoms with Crippen molar-refractivity contribution in [2.45, 2.75) is 38.5 Å². The number of rotatable bonds is 7. The first-order chi connectivity index (χ1) is 13.1. The van der Waals surface area contributed by atoms with Crippen LogP contribution in [0.4, 0.5) is 4.39 Å². The maximum Gasteiger partial charge on any atom is 0.224 e. The molecule has 2 saturated heterocycles. The van der Waals surface area contributed by atoms with Gasteiger partial charge in [-0.3, -0.25) is 9.59 Å². The van der Waals surface area contributed by atoms with Crippen LogP contribution < -0.4 is 5.32 Å². The van der Waals surface area contributed by atoms with Crippen molar-refractivity contribution in [3.63, 3.8) is 0 Å². The molecule has 2 heterocycles. The highest BCUT2D eigenvalue weighted by Gasteiger charge is 2.29. The van der Waals surface area contributed by atoms with E-state index in [1.165, 1.54) is 31.4 Å². The summed E-state index contributed by atoms with van der Waals surface area (Å²) in [7, 11) is 0. The van der Waals surface area contributed by atoms with Gasteiger partial charge < -0.3 is 15.1 Å². The first-order valence-electron chi connectivity index (χ1n) is 10.1. The predicted molar refractivity (Wildman–Crippen MR) is 103 cm³/mol. The van der Waals surface area contributed by atoms with Gasteiger partial charge in [0.05, 0.1) is 5.92 Å². The second kappa shape index (κ2) is 9.83. The van der Waals surface area contributed by atoms with Gasteiger partial charge in [0.25, 0.3) is 0 Å². The zero-order valence-corrected chi connectivity index (χ0v) is 16.0. The smallest absolute Gasteiger partial charge is 0.224 e. The van der Waals surface area contributed by atoms with Crippen molar-refractivity contribution in [1.29, 1.82) is 0 Å². The van der Waals surface area contributed by atoms with E-state index in [0.717, 1.165) is 25.2 Å². The van der Waals surface area contributed by atoms with Crippen LogP contribution in [0.2, 0.25) is 0 Å². The minimum absolute atomic E-state index is 0.0512. The van der Waals surface area contributed by atoms with Gasteiger partial charge in [0.1, 0.15) is 5.82 Å². The van der Waals surface area contributed by atoms with E-state index in [2.05, 4.69) is 10.2 Å². The fourth-order valence-corrected chi connectivity index (χ4v) is 3.97. The minimum atomic E-state index is -0.261. The Balaban J connectivity index is 1.42. The molecule has 0 radical (unpaired) electrons. The Morgan fingerprint density at radius 2 is 2.00 bits per heavy atom. The summed E-state index contributed by atoms with van der Waals surface area (Å²) in [5, 5.41) is 3.05. The van der Waals surface area contributed by atoms with Crippen molar-refractivity contribution in [1.82, 2.24) is 15.1 Å². The first-order valence-corrected chi connectivity index (χ1v) is 10.1. The van der Waals surface area contributed by atoms with E-state index in [-0.39, 0.29) is 23.5 Å². The van der Waals surface area contributed by atoms with Crippen LogP contribution in [0.15, 0.2) is 24.3 Å². The van der Waals surface area contributed by atoms with Crippen LogP contribution in [0.5, 0.6) is 0 Å². The van der Waals surface area contributed by atoms with Crippen molar-refractivity contribution in [2.24, 2.45) is 5.92 Å². The van der Waals surface area contributed by atoms with Gasteiger partial charge >= 0.3 is 0 Å². The summed E-state index contributed by atoms with van der Waals surface area (Å²) in [6.07, 6.45) is 5.44. The first kappa shape index (κ1) is 19.8. The van der Waals surface area contributed by atoms with Gasteiger partial charge in [0, 0.05) is 32.6 Å². The van der Waals surface area contributed by atoms with E-state index in [1.54, 1.807) is 11.0 Å². The SMILES string of the molecule is O=C(NCCN1CCCCC1)[C@H]1CCC(=O)N(CCc2cccc(F)c2)C1. The van der Waals surface area contributed by atoms with E-state index in [9.17, 15) is 14.0 Å². The molecule has 1 atom stereocenters. The number of amides is 2. The van der Waals surface area contributed by atoms with Gasteiger partial charge in [-0.25, -0.2) is 4.39 Å². The Hall–Kier alpha value is -1.95. The number of benzene rings is 1. The average Bonchev–Trinajstić information content (AvgIpc) is 2.68. The van der Waals surface area contributed by atoms with Crippen molar-refractivity contribution in [3.05, 3.63) is 35.6 Å². The number of halogens is 1. The second-order valence-electron chi connectivity index (χ2n) is 7.65. The maximum absolute atomic E-state index is 13.3. The summed E-state index contributed by atoms with van der Waals surface area (Å²) in [4.78, 5) is 28.8. The second-order valence-corrected chi connectivity index (χ2v) is 7.65. The zero-order valence-electron chi connectivity index (χ0n) is 16.0. The van der Waals surface area contributed by atoms with Crippen molar-refractivity contribution in [3.8, 4) is 0 Å². The van der Waals surface area contributed by atoms with Crippen LogP contribution in [-0.4, -0.2) is 60.9 Å². The topological polar surface area (TPSA) is 52.7 Å². The summed E-state index contributed by atoms with van der Waals surface area (Å²) < 4.78 is 13.3. The van der Waals surface area contributed by atoms with Gasteiger partial charge in [-0.2, -0.15) is 0 Å². The summed E-state index contributed by atoms with van der Waals surface area (Å²) in [6.45, 7) is 4.82. The van der Waals surface area contributed by atoms with Crippen LogP contribution in [0.3, 0.4) is 0 Å². The highest BCUT2D eigenvalue weighted by Crippen LogP contribution is 2.18. The minimum Gasteiger partial charge on any atom is -0.355 e. The molecule has 0 spiro atoms. The number of nitrogens with zero attached hydrogens (tertiary/aromatic N) is 2. The lowest BCUT2D eigenvalue weighted by Crippen LogP contribution is -2.47.